The fraction of sp³-hybridized carbons (Fsp3) is 0.318. The number of carbonyl (C=O) groups excluding carboxylic acids is 1. The van der Waals surface area contributed by atoms with Crippen LogP contribution in [0.1, 0.15) is 30.1 Å². The molecular formula is C22H25N3O2. The molecular weight excluding hydrogens is 338 g/mol. The summed E-state index contributed by atoms with van der Waals surface area (Å²) in [6.07, 6.45) is 2.20. The molecule has 0 bridgehead atoms. The van der Waals surface area contributed by atoms with Crippen LogP contribution in [0.3, 0.4) is 0 Å². The maximum Gasteiger partial charge on any atom is 0.253 e. The van der Waals surface area contributed by atoms with Crippen molar-refractivity contribution in [1.82, 2.24) is 9.47 Å². The van der Waals surface area contributed by atoms with Gasteiger partial charge in [-0.1, -0.05) is 12.1 Å². The first kappa shape index (κ1) is 17.5. The molecule has 0 spiro atoms. The number of aromatic nitrogens is 1. The van der Waals surface area contributed by atoms with Crippen molar-refractivity contribution >= 4 is 22.5 Å². The molecule has 27 heavy (non-hydrogen) atoms. The van der Waals surface area contributed by atoms with Gasteiger partial charge in [-0.3, -0.25) is 4.79 Å². The molecule has 1 aliphatic heterocycles. The quantitative estimate of drug-likeness (QED) is 0.757. The van der Waals surface area contributed by atoms with Crippen molar-refractivity contribution in [1.29, 1.82) is 0 Å². The summed E-state index contributed by atoms with van der Waals surface area (Å²) >= 11 is 0. The predicted molar refractivity (Wildman–Crippen MR) is 109 cm³/mol. The largest absolute Gasteiger partial charge is 0.497 e. The summed E-state index contributed by atoms with van der Waals surface area (Å²) in [5.41, 5.74) is 11.1. The maximum atomic E-state index is 12.6. The smallest absolute Gasteiger partial charge is 0.253 e. The standard InChI is InChI=1S/C22H25N3O2/c1-3-25-19-14-17(27-2)10-11-18(19)20(23)21(25)15-6-8-16(9-7-15)22(26)24-12-4-5-13-24/h6-11,14H,3-5,12-13,23H2,1-2H3. The highest BCUT2D eigenvalue weighted by Crippen LogP contribution is 2.37. The highest BCUT2D eigenvalue weighted by atomic mass is 16.5. The molecule has 0 unspecified atom stereocenters. The van der Waals surface area contributed by atoms with Crippen molar-refractivity contribution in [3.05, 3.63) is 48.0 Å². The van der Waals surface area contributed by atoms with Crippen molar-refractivity contribution in [3.63, 3.8) is 0 Å². The second kappa shape index (κ2) is 6.99. The molecule has 2 heterocycles. The van der Waals surface area contributed by atoms with Crippen LogP contribution >= 0.6 is 0 Å². The number of nitrogen functional groups attached to an aromatic ring is 1. The van der Waals surface area contributed by atoms with E-state index in [4.69, 9.17) is 10.5 Å². The van der Waals surface area contributed by atoms with Gasteiger partial charge >= 0.3 is 0 Å². The van der Waals surface area contributed by atoms with Gasteiger partial charge in [0.15, 0.2) is 0 Å². The van der Waals surface area contributed by atoms with Crippen molar-refractivity contribution in [2.24, 2.45) is 0 Å². The lowest BCUT2D eigenvalue weighted by Crippen LogP contribution is -2.27. The van der Waals surface area contributed by atoms with Crippen molar-refractivity contribution in [2.45, 2.75) is 26.3 Å². The van der Waals surface area contributed by atoms with Crippen LogP contribution in [-0.4, -0.2) is 35.6 Å². The van der Waals surface area contributed by atoms with Crippen LogP contribution < -0.4 is 10.5 Å². The molecule has 140 valence electrons. The number of hydrogen-bond acceptors (Lipinski definition) is 3. The summed E-state index contributed by atoms with van der Waals surface area (Å²) in [5, 5.41) is 1.02. The van der Waals surface area contributed by atoms with Gasteiger partial charge in [-0.05, 0) is 44.0 Å². The molecule has 0 radical (unpaired) electrons. The fourth-order valence-corrected chi connectivity index (χ4v) is 4.00. The zero-order valence-electron chi connectivity index (χ0n) is 15.9. The molecule has 3 aromatic rings. The van der Waals surface area contributed by atoms with Crippen molar-refractivity contribution < 1.29 is 9.53 Å². The fourth-order valence-electron chi connectivity index (χ4n) is 4.00. The van der Waals surface area contributed by atoms with E-state index >= 15 is 0 Å². The molecule has 0 aliphatic carbocycles. The van der Waals surface area contributed by atoms with E-state index in [2.05, 4.69) is 11.5 Å². The highest BCUT2D eigenvalue weighted by molar-refractivity contribution is 6.02. The maximum absolute atomic E-state index is 12.6. The predicted octanol–water partition coefficient (Wildman–Crippen LogP) is 4.16. The van der Waals surface area contributed by atoms with Gasteiger partial charge in [0.2, 0.25) is 0 Å². The van der Waals surface area contributed by atoms with E-state index < -0.39 is 0 Å². The lowest BCUT2D eigenvalue weighted by molar-refractivity contribution is 0.0793. The van der Waals surface area contributed by atoms with Crippen LogP contribution in [0.2, 0.25) is 0 Å². The molecule has 5 heteroatoms. The third-order valence-electron chi connectivity index (χ3n) is 5.43. The molecule has 0 atom stereocenters. The summed E-state index contributed by atoms with van der Waals surface area (Å²) in [6, 6.07) is 13.8. The average molecular weight is 363 g/mol. The Bertz CT molecular complexity index is 983. The number of fused-ring (bicyclic) bond motifs is 1. The molecule has 2 aromatic carbocycles. The molecule has 1 aliphatic rings. The number of nitrogens with zero attached hydrogens (tertiary/aromatic N) is 2. The van der Waals surface area contributed by atoms with E-state index in [-0.39, 0.29) is 5.91 Å². The molecule has 2 N–H and O–H groups in total. The van der Waals surface area contributed by atoms with Crippen LogP contribution in [0, 0.1) is 0 Å². The van der Waals surface area contributed by atoms with Crippen molar-refractivity contribution in [2.75, 3.05) is 25.9 Å². The molecule has 1 fully saturated rings. The Morgan fingerprint density at radius 1 is 1.11 bits per heavy atom. The first-order valence-electron chi connectivity index (χ1n) is 9.49. The van der Waals surface area contributed by atoms with Gasteiger partial charge < -0.3 is 19.9 Å². The van der Waals surface area contributed by atoms with Crippen LogP contribution in [0.5, 0.6) is 5.75 Å². The number of hydrogen-bond donors (Lipinski definition) is 1. The van der Waals surface area contributed by atoms with Gasteiger partial charge in [0.1, 0.15) is 5.75 Å². The highest BCUT2D eigenvalue weighted by Gasteiger charge is 2.20. The summed E-state index contributed by atoms with van der Waals surface area (Å²) < 4.78 is 7.57. The monoisotopic (exact) mass is 363 g/mol. The topological polar surface area (TPSA) is 60.5 Å². The number of benzene rings is 2. The number of rotatable bonds is 4. The van der Waals surface area contributed by atoms with Crippen LogP contribution in [0.25, 0.3) is 22.2 Å². The second-order valence-electron chi connectivity index (χ2n) is 6.97. The van der Waals surface area contributed by atoms with Gasteiger partial charge in [-0.2, -0.15) is 0 Å². The van der Waals surface area contributed by atoms with E-state index in [0.717, 1.165) is 71.6 Å². The number of carbonyl (C=O) groups is 1. The molecule has 5 nitrogen and oxygen atoms in total. The SMILES string of the molecule is CCn1c(-c2ccc(C(=O)N3CCCC3)cc2)c(N)c2ccc(OC)cc21. The van der Waals surface area contributed by atoms with Crippen LogP contribution in [0.15, 0.2) is 42.5 Å². The second-order valence-corrected chi connectivity index (χ2v) is 6.97. The van der Waals surface area contributed by atoms with E-state index in [1.54, 1.807) is 7.11 Å². The van der Waals surface area contributed by atoms with E-state index in [1.807, 2.05) is 47.4 Å². The third kappa shape index (κ3) is 2.93. The molecule has 1 aromatic heterocycles. The Labute approximate surface area is 159 Å². The summed E-state index contributed by atoms with van der Waals surface area (Å²) in [6.45, 7) is 4.62. The van der Waals surface area contributed by atoms with Gasteiger partial charge in [0.05, 0.1) is 24.0 Å². The Balaban J connectivity index is 1.75. The summed E-state index contributed by atoms with van der Waals surface area (Å²) in [4.78, 5) is 14.5. The average Bonchev–Trinajstić information content (AvgIpc) is 3.34. The normalized spacial score (nSPS) is 14.1. The molecule has 0 saturated carbocycles. The first-order chi connectivity index (χ1) is 13.1. The summed E-state index contributed by atoms with van der Waals surface area (Å²) in [5.74, 6) is 0.931. The van der Waals surface area contributed by atoms with Crippen LogP contribution in [-0.2, 0) is 6.54 Å². The number of anilines is 1. The lowest BCUT2D eigenvalue weighted by atomic mass is 10.1. The Kier molecular flexibility index (Phi) is 4.52. The molecule has 1 saturated heterocycles. The van der Waals surface area contributed by atoms with Gasteiger partial charge in [-0.25, -0.2) is 0 Å². The lowest BCUT2D eigenvalue weighted by Gasteiger charge is -2.15. The number of nitrogens with two attached hydrogens (primary N) is 1. The Morgan fingerprint density at radius 3 is 2.44 bits per heavy atom. The van der Waals surface area contributed by atoms with Crippen molar-refractivity contribution in [3.8, 4) is 17.0 Å². The van der Waals surface area contributed by atoms with Gasteiger partial charge in [0, 0.05) is 42.2 Å². The minimum absolute atomic E-state index is 0.118. The minimum Gasteiger partial charge on any atom is -0.497 e. The zero-order chi connectivity index (χ0) is 19.0. The van der Waals surface area contributed by atoms with Gasteiger partial charge in [-0.15, -0.1) is 0 Å². The number of ether oxygens (including phenoxy) is 1. The molecule has 1 amide bonds. The minimum atomic E-state index is 0.118. The number of aryl methyl sites for hydroxylation is 1. The number of methoxy groups -OCH3 is 1. The van der Waals surface area contributed by atoms with E-state index in [0.29, 0.717) is 0 Å². The zero-order valence-corrected chi connectivity index (χ0v) is 15.9. The number of amides is 1. The van der Waals surface area contributed by atoms with Gasteiger partial charge in [0.25, 0.3) is 5.91 Å². The summed E-state index contributed by atoms with van der Waals surface area (Å²) in [7, 11) is 1.67. The first-order valence-corrected chi connectivity index (χ1v) is 9.49. The van der Waals surface area contributed by atoms with Crippen LogP contribution in [0.4, 0.5) is 5.69 Å². The third-order valence-corrected chi connectivity index (χ3v) is 5.43. The van der Waals surface area contributed by atoms with E-state index in [9.17, 15) is 4.79 Å². The number of likely N-dealkylation sites (tertiary alicyclic amines) is 1. The Morgan fingerprint density at radius 2 is 1.81 bits per heavy atom. The molecule has 4 rings (SSSR count). The Hall–Kier alpha value is -2.95. The van der Waals surface area contributed by atoms with E-state index in [1.165, 1.54) is 0 Å².